The second-order valence-electron chi connectivity index (χ2n) is 4.58. The van der Waals surface area contributed by atoms with Crippen LogP contribution in [0.2, 0.25) is 0 Å². The monoisotopic (exact) mass is 244 g/mol. The van der Waals surface area contributed by atoms with Crippen molar-refractivity contribution < 1.29 is 14.7 Å². The summed E-state index contributed by atoms with van der Waals surface area (Å²) in [5.41, 5.74) is 0. The van der Waals surface area contributed by atoms with Crippen LogP contribution in [0.3, 0.4) is 0 Å². The first-order valence-corrected chi connectivity index (χ1v) is 6.11. The highest BCUT2D eigenvalue weighted by molar-refractivity contribution is 5.78. The van der Waals surface area contributed by atoms with E-state index in [0.717, 1.165) is 6.42 Å². The van der Waals surface area contributed by atoms with Gasteiger partial charge in [0.25, 0.3) is 0 Å². The Morgan fingerprint density at radius 2 is 1.88 bits per heavy atom. The molecule has 0 aliphatic heterocycles. The first-order valence-electron chi connectivity index (χ1n) is 6.11. The minimum atomic E-state index is -0.761. The minimum absolute atomic E-state index is 0.0330. The normalized spacial score (nSPS) is 14.1. The molecule has 0 radical (unpaired) electrons. The zero-order chi connectivity index (χ0) is 13.3. The maximum Gasteiger partial charge on any atom is 0.303 e. The van der Waals surface area contributed by atoms with Crippen molar-refractivity contribution in [3.63, 3.8) is 0 Å². The molecule has 0 bridgehead atoms. The Hall–Kier alpha value is -1.10. The van der Waals surface area contributed by atoms with E-state index in [-0.39, 0.29) is 18.2 Å². The van der Waals surface area contributed by atoms with Crippen molar-refractivity contribution in [1.29, 1.82) is 0 Å². The molecule has 1 amide bonds. The highest BCUT2D eigenvalue weighted by atomic mass is 16.4. The molecule has 0 saturated carbocycles. The first-order chi connectivity index (χ1) is 7.97. The van der Waals surface area contributed by atoms with Crippen LogP contribution in [-0.2, 0) is 9.59 Å². The summed E-state index contributed by atoms with van der Waals surface area (Å²) in [7, 11) is 1.82. The van der Waals surface area contributed by atoms with E-state index in [9.17, 15) is 9.59 Å². The Morgan fingerprint density at radius 1 is 1.24 bits per heavy atom. The molecule has 0 saturated heterocycles. The maximum atomic E-state index is 11.5. The van der Waals surface area contributed by atoms with Gasteiger partial charge in [-0.2, -0.15) is 0 Å². The number of amides is 1. The van der Waals surface area contributed by atoms with Gasteiger partial charge < -0.3 is 15.7 Å². The predicted molar refractivity (Wildman–Crippen MR) is 66.8 cm³/mol. The SMILES string of the molecule is CNCC(C)C(=O)NCCC(C)CCC(=O)O. The number of hydrogen-bond donors (Lipinski definition) is 3. The number of carboxylic acids is 1. The fraction of sp³-hybridized carbons (Fsp3) is 0.833. The van der Waals surface area contributed by atoms with E-state index in [1.807, 2.05) is 20.9 Å². The van der Waals surface area contributed by atoms with Crippen LogP contribution in [0.4, 0.5) is 0 Å². The Labute approximate surface area is 103 Å². The Morgan fingerprint density at radius 3 is 2.41 bits per heavy atom. The van der Waals surface area contributed by atoms with Crippen LogP contribution < -0.4 is 10.6 Å². The molecule has 100 valence electrons. The molecule has 0 rings (SSSR count). The van der Waals surface area contributed by atoms with E-state index in [0.29, 0.717) is 25.4 Å². The third-order valence-corrected chi connectivity index (χ3v) is 2.75. The molecule has 0 aliphatic rings. The summed E-state index contributed by atoms with van der Waals surface area (Å²) < 4.78 is 0. The molecule has 0 spiro atoms. The van der Waals surface area contributed by atoms with E-state index >= 15 is 0 Å². The average molecular weight is 244 g/mol. The van der Waals surface area contributed by atoms with Gasteiger partial charge >= 0.3 is 5.97 Å². The third-order valence-electron chi connectivity index (χ3n) is 2.75. The quantitative estimate of drug-likeness (QED) is 0.562. The second kappa shape index (κ2) is 8.98. The summed E-state index contributed by atoms with van der Waals surface area (Å²) in [5, 5.41) is 14.3. The molecule has 17 heavy (non-hydrogen) atoms. The summed E-state index contributed by atoms with van der Waals surface area (Å²) >= 11 is 0. The van der Waals surface area contributed by atoms with Gasteiger partial charge in [0.15, 0.2) is 0 Å². The lowest BCUT2D eigenvalue weighted by molar-refractivity contribution is -0.137. The summed E-state index contributed by atoms with van der Waals surface area (Å²) in [6, 6.07) is 0. The standard InChI is InChI=1S/C12H24N2O3/c1-9(4-5-11(15)16)6-7-14-12(17)10(2)8-13-3/h9-10,13H,4-8H2,1-3H3,(H,14,17)(H,15,16). The number of aliphatic carboxylic acids is 1. The Bertz CT molecular complexity index is 244. The molecule has 5 heteroatoms. The van der Waals surface area contributed by atoms with Crippen molar-refractivity contribution in [2.75, 3.05) is 20.1 Å². The molecule has 5 nitrogen and oxygen atoms in total. The van der Waals surface area contributed by atoms with Crippen LogP contribution in [0.25, 0.3) is 0 Å². The van der Waals surface area contributed by atoms with Crippen LogP contribution in [-0.4, -0.2) is 37.1 Å². The molecule has 0 aromatic carbocycles. The van der Waals surface area contributed by atoms with Gasteiger partial charge in [0.2, 0.25) is 5.91 Å². The van der Waals surface area contributed by atoms with E-state index in [1.165, 1.54) is 0 Å². The number of rotatable bonds is 9. The van der Waals surface area contributed by atoms with Crippen LogP contribution in [0.15, 0.2) is 0 Å². The van der Waals surface area contributed by atoms with Crippen molar-refractivity contribution >= 4 is 11.9 Å². The molecule has 0 fully saturated rings. The number of carboxylic acid groups (broad SMARTS) is 1. The molecule has 3 N–H and O–H groups in total. The fourth-order valence-electron chi connectivity index (χ4n) is 1.53. The number of carbonyl (C=O) groups is 2. The van der Waals surface area contributed by atoms with Gasteiger partial charge in [-0.25, -0.2) is 0 Å². The zero-order valence-corrected chi connectivity index (χ0v) is 11.0. The molecule has 0 aliphatic carbocycles. The van der Waals surface area contributed by atoms with Gasteiger partial charge in [-0.15, -0.1) is 0 Å². The number of carbonyl (C=O) groups excluding carboxylic acids is 1. The molecule has 0 heterocycles. The topological polar surface area (TPSA) is 78.4 Å². The zero-order valence-electron chi connectivity index (χ0n) is 11.0. The lowest BCUT2D eigenvalue weighted by Gasteiger charge is -2.13. The Balaban J connectivity index is 3.61. The summed E-state index contributed by atoms with van der Waals surface area (Å²) in [4.78, 5) is 21.9. The minimum Gasteiger partial charge on any atom is -0.481 e. The highest BCUT2D eigenvalue weighted by Crippen LogP contribution is 2.09. The van der Waals surface area contributed by atoms with Crippen molar-refractivity contribution in [2.45, 2.75) is 33.1 Å². The summed E-state index contributed by atoms with van der Waals surface area (Å²) in [5.74, 6) is -0.423. The van der Waals surface area contributed by atoms with E-state index < -0.39 is 5.97 Å². The number of nitrogens with one attached hydrogen (secondary N) is 2. The summed E-state index contributed by atoms with van der Waals surface area (Å²) in [6.07, 6.45) is 1.69. The Kier molecular flexibility index (Phi) is 8.40. The molecule has 0 aromatic rings. The van der Waals surface area contributed by atoms with Crippen molar-refractivity contribution in [3.05, 3.63) is 0 Å². The predicted octanol–water partition coefficient (Wildman–Crippen LogP) is 0.849. The highest BCUT2D eigenvalue weighted by Gasteiger charge is 2.11. The van der Waals surface area contributed by atoms with Gasteiger partial charge in [0, 0.05) is 25.4 Å². The smallest absolute Gasteiger partial charge is 0.303 e. The van der Waals surface area contributed by atoms with E-state index in [4.69, 9.17) is 5.11 Å². The van der Waals surface area contributed by atoms with Crippen molar-refractivity contribution in [2.24, 2.45) is 11.8 Å². The van der Waals surface area contributed by atoms with E-state index in [1.54, 1.807) is 0 Å². The molecule has 2 atom stereocenters. The van der Waals surface area contributed by atoms with Crippen LogP contribution in [0, 0.1) is 11.8 Å². The van der Waals surface area contributed by atoms with Crippen molar-refractivity contribution in [1.82, 2.24) is 10.6 Å². The maximum absolute atomic E-state index is 11.5. The molecular weight excluding hydrogens is 220 g/mol. The largest absolute Gasteiger partial charge is 0.481 e. The molecule has 0 aromatic heterocycles. The lowest BCUT2D eigenvalue weighted by atomic mass is 10.0. The van der Waals surface area contributed by atoms with Gasteiger partial charge in [-0.3, -0.25) is 9.59 Å². The third kappa shape index (κ3) is 8.68. The fourth-order valence-corrected chi connectivity index (χ4v) is 1.53. The summed E-state index contributed by atoms with van der Waals surface area (Å²) in [6.45, 7) is 5.17. The van der Waals surface area contributed by atoms with Gasteiger partial charge in [-0.1, -0.05) is 13.8 Å². The molecular formula is C12H24N2O3. The van der Waals surface area contributed by atoms with Gasteiger partial charge in [0.05, 0.1) is 0 Å². The van der Waals surface area contributed by atoms with Gasteiger partial charge in [-0.05, 0) is 25.8 Å². The van der Waals surface area contributed by atoms with Gasteiger partial charge in [0.1, 0.15) is 0 Å². The van der Waals surface area contributed by atoms with Crippen LogP contribution in [0.1, 0.15) is 33.1 Å². The first kappa shape index (κ1) is 15.9. The van der Waals surface area contributed by atoms with Crippen molar-refractivity contribution in [3.8, 4) is 0 Å². The van der Waals surface area contributed by atoms with Crippen LogP contribution >= 0.6 is 0 Å². The van der Waals surface area contributed by atoms with E-state index in [2.05, 4.69) is 10.6 Å². The lowest BCUT2D eigenvalue weighted by Crippen LogP contribution is -2.35. The molecule has 2 unspecified atom stereocenters. The number of hydrogen-bond acceptors (Lipinski definition) is 3. The van der Waals surface area contributed by atoms with Crippen LogP contribution in [0.5, 0.6) is 0 Å². The second-order valence-corrected chi connectivity index (χ2v) is 4.58. The average Bonchev–Trinajstić information content (AvgIpc) is 2.26.